The number of amides is 1. The summed E-state index contributed by atoms with van der Waals surface area (Å²) in [5, 5.41) is 13.6. The molecule has 1 amide bonds. The van der Waals surface area contributed by atoms with Crippen molar-refractivity contribution in [3.8, 4) is 11.5 Å². The first kappa shape index (κ1) is 17.3. The van der Waals surface area contributed by atoms with E-state index in [9.17, 15) is 9.90 Å². The summed E-state index contributed by atoms with van der Waals surface area (Å²) in [5.74, 6) is 0.907. The average Bonchev–Trinajstić information content (AvgIpc) is 2.59. The van der Waals surface area contributed by atoms with Crippen LogP contribution in [0.5, 0.6) is 11.5 Å². The lowest BCUT2D eigenvalue weighted by Crippen LogP contribution is -2.39. The fraction of sp³-hybridized carbons (Fsp3) is 0.588. The highest BCUT2D eigenvalue weighted by atomic mass is 35.5. The SMILES string of the molecule is N[C@@H]1CCC[C@@H](C(=O)NC[C@@H](O)c2cc(Cl)c3c(c2)OCCO3)C1. The Labute approximate surface area is 146 Å². The van der Waals surface area contributed by atoms with E-state index in [1.54, 1.807) is 12.1 Å². The summed E-state index contributed by atoms with van der Waals surface area (Å²) >= 11 is 6.17. The van der Waals surface area contributed by atoms with Crippen LogP contribution in [0.25, 0.3) is 0 Å². The molecule has 0 unspecified atom stereocenters. The molecule has 1 fully saturated rings. The number of hydrogen-bond donors (Lipinski definition) is 3. The lowest BCUT2D eigenvalue weighted by atomic mass is 9.85. The zero-order chi connectivity index (χ0) is 17.1. The van der Waals surface area contributed by atoms with E-state index in [-0.39, 0.29) is 24.4 Å². The van der Waals surface area contributed by atoms with Gasteiger partial charge < -0.3 is 25.6 Å². The topological polar surface area (TPSA) is 93.8 Å². The van der Waals surface area contributed by atoms with Crippen molar-refractivity contribution in [1.29, 1.82) is 0 Å². The van der Waals surface area contributed by atoms with Crippen molar-refractivity contribution in [1.82, 2.24) is 5.32 Å². The van der Waals surface area contributed by atoms with Crippen molar-refractivity contribution in [2.75, 3.05) is 19.8 Å². The summed E-state index contributed by atoms with van der Waals surface area (Å²) in [6.45, 7) is 1.02. The summed E-state index contributed by atoms with van der Waals surface area (Å²) in [6, 6.07) is 3.44. The van der Waals surface area contributed by atoms with Crippen LogP contribution in [-0.4, -0.2) is 36.8 Å². The highest BCUT2D eigenvalue weighted by molar-refractivity contribution is 6.32. The summed E-state index contributed by atoms with van der Waals surface area (Å²) in [7, 11) is 0. The third-order valence-corrected chi connectivity index (χ3v) is 4.84. The maximum absolute atomic E-state index is 12.2. The van der Waals surface area contributed by atoms with Gasteiger partial charge in [0, 0.05) is 18.5 Å². The molecule has 3 atom stereocenters. The van der Waals surface area contributed by atoms with Gasteiger partial charge in [0.25, 0.3) is 0 Å². The van der Waals surface area contributed by atoms with Crippen LogP contribution in [0.15, 0.2) is 12.1 Å². The summed E-state index contributed by atoms with van der Waals surface area (Å²) < 4.78 is 11.0. The van der Waals surface area contributed by atoms with Gasteiger partial charge in [-0.1, -0.05) is 18.0 Å². The van der Waals surface area contributed by atoms with Crippen LogP contribution in [0.2, 0.25) is 5.02 Å². The van der Waals surface area contributed by atoms with Gasteiger partial charge in [-0.05, 0) is 37.0 Å². The van der Waals surface area contributed by atoms with Gasteiger partial charge in [-0.25, -0.2) is 0 Å². The fourth-order valence-electron chi connectivity index (χ4n) is 3.25. The normalized spacial score (nSPS) is 24.3. The number of carbonyl (C=O) groups is 1. The molecule has 0 saturated heterocycles. The molecule has 3 rings (SSSR count). The van der Waals surface area contributed by atoms with Crippen LogP contribution in [0.4, 0.5) is 0 Å². The number of carbonyl (C=O) groups excluding carboxylic acids is 1. The Morgan fingerprint density at radius 2 is 2.17 bits per heavy atom. The number of hydrogen-bond acceptors (Lipinski definition) is 5. The average molecular weight is 355 g/mol. The van der Waals surface area contributed by atoms with Gasteiger partial charge in [-0.15, -0.1) is 0 Å². The number of ether oxygens (including phenoxy) is 2. The smallest absolute Gasteiger partial charge is 0.223 e. The predicted molar refractivity (Wildman–Crippen MR) is 90.3 cm³/mol. The van der Waals surface area contributed by atoms with Crippen molar-refractivity contribution >= 4 is 17.5 Å². The van der Waals surface area contributed by atoms with E-state index in [4.69, 9.17) is 26.8 Å². The minimum absolute atomic E-state index is 0.0483. The molecule has 0 bridgehead atoms. The van der Waals surface area contributed by atoms with Gasteiger partial charge in [0.2, 0.25) is 5.91 Å². The van der Waals surface area contributed by atoms with Crippen molar-refractivity contribution in [3.05, 3.63) is 22.7 Å². The highest BCUT2D eigenvalue weighted by Crippen LogP contribution is 2.39. The highest BCUT2D eigenvalue weighted by Gasteiger charge is 2.26. The Bertz CT molecular complexity index is 610. The lowest BCUT2D eigenvalue weighted by molar-refractivity contribution is -0.126. The van der Waals surface area contributed by atoms with Gasteiger partial charge in [0.1, 0.15) is 13.2 Å². The molecule has 1 heterocycles. The second-order valence-corrected chi connectivity index (χ2v) is 6.82. The molecule has 4 N–H and O–H groups in total. The first-order chi connectivity index (χ1) is 11.5. The van der Waals surface area contributed by atoms with E-state index in [1.165, 1.54) is 0 Å². The number of benzene rings is 1. The van der Waals surface area contributed by atoms with Crippen molar-refractivity contribution in [2.24, 2.45) is 11.7 Å². The Morgan fingerprint density at radius 1 is 1.38 bits per heavy atom. The zero-order valence-corrected chi connectivity index (χ0v) is 14.2. The number of halogens is 1. The molecule has 7 heteroatoms. The molecule has 1 saturated carbocycles. The van der Waals surface area contributed by atoms with E-state index in [2.05, 4.69) is 5.32 Å². The Kier molecular flexibility index (Phi) is 5.48. The largest absolute Gasteiger partial charge is 0.486 e. The second kappa shape index (κ2) is 7.59. The number of aliphatic hydroxyl groups excluding tert-OH is 1. The molecular weight excluding hydrogens is 332 g/mol. The zero-order valence-electron chi connectivity index (χ0n) is 13.5. The van der Waals surface area contributed by atoms with Crippen LogP contribution in [-0.2, 0) is 4.79 Å². The number of nitrogens with two attached hydrogens (primary N) is 1. The third kappa shape index (κ3) is 3.94. The Hall–Kier alpha value is -1.50. The van der Waals surface area contributed by atoms with Crippen molar-refractivity contribution < 1.29 is 19.4 Å². The molecule has 2 aliphatic rings. The molecule has 1 aliphatic carbocycles. The summed E-state index contributed by atoms with van der Waals surface area (Å²) in [6.07, 6.45) is 2.64. The van der Waals surface area contributed by atoms with E-state index in [0.29, 0.717) is 41.7 Å². The number of rotatable bonds is 4. The van der Waals surface area contributed by atoms with E-state index in [1.807, 2.05) is 0 Å². The van der Waals surface area contributed by atoms with Gasteiger partial charge >= 0.3 is 0 Å². The lowest BCUT2D eigenvalue weighted by Gasteiger charge is -2.26. The molecule has 1 aromatic carbocycles. The molecule has 0 radical (unpaired) electrons. The van der Waals surface area contributed by atoms with Gasteiger partial charge in [0.05, 0.1) is 11.1 Å². The molecule has 6 nitrogen and oxygen atoms in total. The molecule has 1 aromatic rings. The first-order valence-corrected chi connectivity index (χ1v) is 8.73. The van der Waals surface area contributed by atoms with Crippen LogP contribution in [0, 0.1) is 5.92 Å². The number of aliphatic hydroxyl groups is 1. The third-order valence-electron chi connectivity index (χ3n) is 4.56. The molecule has 0 spiro atoms. The molecular formula is C17H23ClN2O4. The van der Waals surface area contributed by atoms with Crippen LogP contribution in [0.3, 0.4) is 0 Å². The van der Waals surface area contributed by atoms with Crippen LogP contribution >= 0.6 is 11.6 Å². The number of nitrogens with one attached hydrogen (secondary N) is 1. The van der Waals surface area contributed by atoms with Gasteiger partial charge in [-0.3, -0.25) is 4.79 Å². The maximum Gasteiger partial charge on any atom is 0.223 e. The van der Waals surface area contributed by atoms with E-state index >= 15 is 0 Å². The first-order valence-electron chi connectivity index (χ1n) is 8.35. The summed E-state index contributed by atoms with van der Waals surface area (Å²) in [5.41, 5.74) is 6.51. The Morgan fingerprint density at radius 3 is 2.96 bits per heavy atom. The quantitative estimate of drug-likeness (QED) is 0.766. The Balaban J connectivity index is 1.59. The van der Waals surface area contributed by atoms with E-state index < -0.39 is 6.10 Å². The van der Waals surface area contributed by atoms with Crippen molar-refractivity contribution in [2.45, 2.75) is 37.8 Å². The van der Waals surface area contributed by atoms with Crippen LogP contribution in [0.1, 0.15) is 37.4 Å². The minimum atomic E-state index is -0.862. The van der Waals surface area contributed by atoms with Gasteiger partial charge in [-0.2, -0.15) is 0 Å². The summed E-state index contributed by atoms with van der Waals surface area (Å²) in [4.78, 5) is 12.2. The second-order valence-electron chi connectivity index (χ2n) is 6.41. The van der Waals surface area contributed by atoms with Gasteiger partial charge in [0.15, 0.2) is 11.5 Å². The van der Waals surface area contributed by atoms with E-state index in [0.717, 1.165) is 19.3 Å². The molecule has 0 aromatic heterocycles. The van der Waals surface area contributed by atoms with Crippen LogP contribution < -0.4 is 20.5 Å². The molecule has 1 aliphatic heterocycles. The predicted octanol–water partition coefficient (Wildman–Crippen LogP) is 1.78. The molecule has 132 valence electrons. The minimum Gasteiger partial charge on any atom is -0.486 e. The number of fused-ring (bicyclic) bond motifs is 1. The monoisotopic (exact) mass is 354 g/mol. The fourth-order valence-corrected chi connectivity index (χ4v) is 3.52. The standard InChI is InChI=1S/C17H23ClN2O4/c18-13-7-11(8-15-16(13)24-5-4-23-15)14(21)9-20-17(22)10-2-1-3-12(19)6-10/h7-8,10,12,14,21H,1-6,9,19H2,(H,20,22)/t10-,12-,14-/m1/s1. The molecule has 24 heavy (non-hydrogen) atoms. The van der Waals surface area contributed by atoms with Crippen molar-refractivity contribution in [3.63, 3.8) is 0 Å². The maximum atomic E-state index is 12.2.